The summed E-state index contributed by atoms with van der Waals surface area (Å²) >= 11 is 0. The van der Waals surface area contributed by atoms with Gasteiger partial charge in [0.1, 0.15) is 12.2 Å². The van der Waals surface area contributed by atoms with Gasteiger partial charge >= 0.3 is 5.97 Å². The van der Waals surface area contributed by atoms with Gasteiger partial charge in [-0.3, -0.25) is 9.69 Å². The third kappa shape index (κ3) is 3.53. The molecule has 1 saturated carbocycles. The first kappa shape index (κ1) is 14.0. The minimum absolute atomic E-state index is 0.186. The van der Waals surface area contributed by atoms with E-state index in [1.807, 2.05) is 11.6 Å². The topological polar surface area (TPSA) is 60.2 Å². The monoisotopic (exact) mass is 266 g/mol. The molecule has 0 atom stereocenters. The average molecular weight is 266 g/mol. The van der Waals surface area contributed by atoms with Crippen LogP contribution in [0.25, 0.3) is 0 Å². The van der Waals surface area contributed by atoms with Crippen molar-refractivity contribution in [3.05, 3.63) is 12.2 Å². The van der Waals surface area contributed by atoms with E-state index >= 15 is 0 Å². The molecule has 0 N–H and O–H groups in total. The number of carbonyl (C=O) groups excluding carboxylic acids is 1. The molecule has 1 heterocycles. The van der Waals surface area contributed by atoms with Crippen LogP contribution in [0.15, 0.2) is 6.33 Å². The predicted molar refractivity (Wildman–Crippen MR) is 70.4 cm³/mol. The smallest absolute Gasteiger partial charge is 0.319 e. The van der Waals surface area contributed by atoms with E-state index in [0.717, 1.165) is 25.2 Å². The van der Waals surface area contributed by atoms with E-state index < -0.39 is 0 Å². The van der Waals surface area contributed by atoms with Gasteiger partial charge in [-0.05, 0) is 19.8 Å². The van der Waals surface area contributed by atoms with E-state index in [4.69, 9.17) is 4.74 Å². The highest BCUT2D eigenvalue weighted by Crippen LogP contribution is 2.24. The zero-order valence-electron chi connectivity index (χ0n) is 11.7. The number of aryl methyl sites for hydroxylation is 1. The van der Waals surface area contributed by atoms with E-state index in [1.54, 1.807) is 6.33 Å². The van der Waals surface area contributed by atoms with Gasteiger partial charge in [0.25, 0.3) is 0 Å². The molecule has 2 rings (SSSR count). The second kappa shape index (κ2) is 6.65. The largest absolute Gasteiger partial charge is 0.468 e. The number of methoxy groups -OCH3 is 1. The highest BCUT2D eigenvalue weighted by atomic mass is 16.5. The Hall–Kier alpha value is -1.43. The Balaban J connectivity index is 2.06. The number of rotatable bonds is 6. The fourth-order valence-corrected chi connectivity index (χ4v) is 2.67. The van der Waals surface area contributed by atoms with Crippen LogP contribution in [0.5, 0.6) is 0 Å². The van der Waals surface area contributed by atoms with E-state index in [1.165, 1.54) is 20.0 Å². The Bertz CT molecular complexity index is 413. The Morgan fingerprint density at radius 1 is 1.53 bits per heavy atom. The third-order valence-electron chi connectivity index (χ3n) is 3.74. The van der Waals surface area contributed by atoms with Crippen LogP contribution in [-0.2, 0) is 22.6 Å². The average Bonchev–Trinajstić information content (AvgIpc) is 3.08. The molecule has 0 bridgehead atoms. The van der Waals surface area contributed by atoms with Gasteiger partial charge in [-0.25, -0.2) is 9.67 Å². The first-order chi connectivity index (χ1) is 9.24. The molecular formula is C13H22N4O2. The van der Waals surface area contributed by atoms with Crippen LogP contribution < -0.4 is 0 Å². The number of aromatic nitrogens is 3. The summed E-state index contributed by atoms with van der Waals surface area (Å²) in [5.74, 6) is 0.729. The standard InChI is InChI=1S/C13H22N4O2/c1-3-17-12(14-10-15-17)8-16(9-13(18)19-2)11-6-4-5-7-11/h10-11H,3-9H2,1-2H3. The summed E-state index contributed by atoms with van der Waals surface area (Å²) in [7, 11) is 1.43. The van der Waals surface area contributed by atoms with Gasteiger partial charge < -0.3 is 4.74 Å². The normalized spacial score (nSPS) is 16.2. The molecule has 106 valence electrons. The van der Waals surface area contributed by atoms with Gasteiger partial charge in [-0.1, -0.05) is 12.8 Å². The van der Waals surface area contributed by atoms with Crippen LogP contribution in [0.1, 0.15) is 38.4 Å². The Labute approximate surface area is 113 Å². The van der Waals surface area contributed by atoms with Crippen LogP contribution in [0.2, 0.25) is 0 Å². The minimum atomic E-state index is -0.186. The molecule has 0 unspecified atom stereocenters. The van der Waals surface area contributed by atoms with Crippen molar-refractivity contribution in [1.29, 1.82) is 0 Å². The van der Waals surface area contributed by atoms with E-state index in [-0.39, 0.29) is 5.97 Å². The molecule has 0 aromatic carbocycles. The van der Waals surface area contributed by atoms with Gasteiger partial charge in [0.15, 0.2) is 0 Å². The maximum Gasteiger partial charge on any atom is 0.319 e. The quantitative estimate of drug-likeness (QED) is 0.724. The molecule has 1 fully saturated rings. The molecule has 0 aliphatic heterocycles. The summed E-state index contributed by atoms with van der Waals surface area (Å²) in [6.45, 7) is 3.83. The molecule has 0 radical (unpaired) electrons. The Morgan fingerprint density at radius 3 is 2.89 bits per heavy atom. The third-order valence-corrected chi connectivity index (χ3v) is 3.74. The molecule has 19 heavy (non-hydrogen) atoms. The fraction of sp³-hybridized carbons (Fsp3) is 0.769. The second-order valence-corrected chi connectivity index (χ2v) is 4.91. The molecule has 0 saturated heterocycles. The number of hydrogen-bond donors (Lipinski definition) is 0. The van der Waals surface area contributed by atoms with E-state index in [9.17, 15) is 4.79 Å². The summed E-state index contributed by atoms with van der Waals surface area (Å²) < 4.78 is 6.67. The van der Waals surface area contributed by atoms with Crippen molar-refractivity contribution >= 4 is 5.97 Å². The molecule has 1 aliphatic rings. The molecule has 1 aromatic heterocycles. The van der Waals surface area contributed by atoms with Crippen LogP contribution in [0.4, 0.5) is 0 Å². The molecule has 0 amide bonds. The number of esters is 1. The van der Waals surface area contributed by atoms with Gasteiger partial charge in [0, 0.05) is 12.6 Å². The summed E-state index contributed by atoms with van der Waals surface area (Å²) in [5.41, 5.74) is 0. The molecule has 6 nitrogen and oxygen atoms in total. The first-order valence-electron chi connectivity index (χ1n) is 6.92. The number of carbonyl (C=O) groups is 1. The fourth-order valence-electron chi connectivity index (χ4n) is 2.67. The number of hydrogen-bond acceptors (Lipinski definition) is 5. The van der Waals surface area contributed by atoms with Gasteiger partial charge in [-0.2, -0.15) is 5.10 Å². The van der Waals surface area contributed by atoms with Crippen molar-refractivity contribution < 1.29 is 9.53 Å². The molecule has 1 aliphatic carbocycles. The van der Waals surface area contributed by atoms with Crippen molar-refractivity contribution in [2.75, 3.05) is 13.7 Å². The summed E-state index contributed by atoms with van der Waals surface area (Å²) in [6, 6.07) is 0.459. The van der Waals surface area contributed by atoms with Gasteiger partial charge in [0.2, 0.25) is 0 Å². The van der Waals surface area contributed by atoms with E-state index in [0.29, 0.717) is 19.1 Å². The summed E-state index contributed by atoms with van der Waals surface area (Å²) in [6.07, 6.45) is 6.35. The van der Waals surface area contributed by atoms with Crippen molar-refractivity contribution in [3.63, 3.8) is 0 Å². The van der Waals surface area contributed by atoms with Crippen molar-refractivity contribution in [2.24, 2.45) is 0 Å². The van der Waals surface area contributed by atoms with Crippen molar-refractivity contribution in [3.8, 4) is 0 Å². The number of ether oxygens (including phenoxy) is 1. The Morgan fingerprint density at radius 2 is 2.26 bits per heavy atom. The number of nitrogens with zero attached hydrogens (tertiary/aromatic N) is 4. The van der Waals surface area contributed by atoms with Crippen LogP contribution in [0, 0.1) is 0 Å². The lowest BCUT2D eigenvalue weighted by atomic mass is 10.2. The highest BCUT2D eigenvalue weighted by Gasteiger charge is 2.26. The summed E-state index contributed by atoms with van der Waals surface area (Å²) in [5, 5.41) is 4.18. The molecule has 1 aromatic rings. The van der Waals surface area contributed by atoms with Crippen molar-refractivity contribution in [2.45, 2.75) is 51.7 Å². The molecule has 6 heteroatoms. The van der Waals surface area contributed by atoms with Crippen LogP contribution in [0.3, 0.4) is 0 Å². The van der Waals surface area contributed by atoms with E-state index in [2.05, 4.69) is 15.0 Å². The zero-order valence-corrected chi connectivity index (χ0v) is 11.7. The molecular weight excluding hydrogens is 244 g/mol. The summed E-state index contributed by atoms with van der Waals surface area (Å²) in [4.78, 5) is 18.0. The lowest BCUT2D eigenvalue weighted by molar-refractivity contribution is -0.142. The SMILES string of the molecule is CCn1ncnc1CN(CC(=O)OC)C1CCCC1. The van der Waals surface area contributed by atoms with Gasteiger partial charge in [0.05, 0.1) is 20.2 Å². The molecule has 0 spiro atoms. The first-order valence-corrected chi connectivity index (χ1v) is 6.92. The van der Waals surface area contributed by atoms with Crippen LogP contribution >= 0.6 is 0 Å². The lowest BCUT2D eigenvalue weighted by Crippen LogP contribution is -2.38. The predicted octanol–water partition coefficient (Wildman–Crippen LogP) is 1.22. The van der Waals surface area contributed by atoms with Crippen molar-refractivity contribution in [1.82, 2.24) is 19.7 Å². The lowest BCUT2D eigenvalue weighted by Gasteiger charge is -2.27. The highest BCUT2D eigenvalue weighted by molar-refractivity contribution is 5.71. The maximum absolute atomic E-state index is 11.6. The van der Waals surface area contributed by atoms with Gasteiger partial charge in [-0.15, -0.1) is 0 Å². The Kier molecular flexibility index (Phi) is 4.90. The second-order valence-electron chi connectivity index (χ2n) is 4.91. The zero-order chi connectivity index (χ0) is 13.7. The maximum atomic E-state index is 11.6. The van der Waals surface area contributed by atoms with Crippen LogP contribution in [-0.4, -0.2) is 45.3 Å². The minimum Gasteiger partial charge on any atom is -0.468 e.